The Kier molecular flexibility index (Phi) is 8.29. The van der Waals surface area contributed by atoms with E-state index in [1.807, 2.05) is 0 Å². The molecule has 1 aliphatic carbocycles. The molecule has 4 rings (SSSR count). The average molecular weight is 519 g/mol. The number of hydrogen-bond donors (Lipinski definition) is 1. The van der Waals surface area contributed by atoms with Gasteiger partial charge in [0.2, 0.25) is 5.82 Å². The zero-order chi connectivity index (χ0) is 26.7. The summed E-state index contributed by atoms with van der Waals surface area (Å²) in [5, 5.41) is 9.56. The number of hydrogen-bond acceptors (Lipinski definition) is 3. The maximum absolute atomic E-state index is 14.7. The zero-order valence-electron chi connectivity index (χ0n) is 20.5. The van der Waals surface area contributed by atoms with Crippen LogP contribution in [-0.2, 0) is 11.3 Å². The quantitative estimate of drug-likeness (QED) is 0.311. The van der Waals surface area contributed by atoms with Gasteiger partial charge in [-0.1, -0.05) is 30.3 Å². The topological polar surface area (TPSA) is 38.7 Å². The predicted molar refractivity (Wildman–Crippen MR) is 130 cm³/mol. The second-order valence-corrected chi connectivity index (χ2v) is 8.92. The Balaban J connectivity index is 1.41. The van der Waals surface area contributed by atoms with Crippen molar-refractivity contribution >= 4 is 5.57 Å². The Hall–Kier alpha value is -3.23. The molecule has 0 heterocycles. The summed E-state index contributed by atoms with van der Waals surface area (Å²) in [6.45, 7) is 3.17. The molecule has 8 heteroatoms. The molecule has 2 unspecified atom stereocenters. The molecule has 0 radical (unpaired) electrons. The molecule has 0 saturated heterocycles. The SMILES string of the molecule is CCOc1ccc(-c2ccc(COC3CC=C(c4ccc(C(C)O)c(F)c4F)CC3)c(F)c2)c(F)c1F. The summed E-state index contributed by atoms with van der Waals surface area (Å²) in [7, 11) is 0. The molecule has 1 N–H and O–H groups in total. The highest BCUT2D eigenvalue weighted by Gasteiger charge is 2.23. The molecular formula is C29H27F5O3. The van der Waals surface area contributed by atoms with Gasteiger partial charge < -0.3 is 14.6 Å². The fourth-order valence-electron chi connectivity index (χ4n) is 4.40. The van der Waals surface area contributed by atoms with Crippen molar-refractivity contribution < 1.29 is 36.5 Å². The van der Waals surface area contributed by atoms with Gasteiger partial charge in [0.1, 0.15) is 5.82 Å². The van der Waals surface area contributed by atoms with Crippen LogP contribution in [0, 0.1) is 29.1 Å². The third-order valence-electron chi connectivity index (χ3n) is 6.46. The lowest BCUT2D eigenvalue weighted by Crippen LogP contribution is -2.16. The van der Waals surface area contributed by atoms with Crippen LogP contribution in [0.5, 0.6) is 5.75 Å². The molecule has 3 nitrogen and oxygen atoms in total. The Morgan fingerprint density at radius 2 is 1.65 bits per heavy atom. The van der Waals surface area contributed by atoms with Gasteiger partial charge in [-0.15, -0.1) is 0 Å². The summed E-state index contributed by atoms with van der Waals surface area (Å²) >= 11 is 0. The van der Waals surface area contributed by atoms with Gasteiger partial charge in [0.05, 0.1) is 25.4 Å². The number of halogens is 5. The number of aliphatic hydroxyl groups is 1. The van der Waals surface area contributed by atoms with Crippen molar-refractivity contribution in [3.63, 3.8) is 0 Å². The summed E-state index contributed by atoms with van der Waals surface area (Å²) in [4.78, 5) is 0. The summed E-state index contributed by atoms with van der Waals surface area (Å²) in [5.41, 5.74) is 1.06. The molecule has 0 aliphatic heterocycles. The number of aliphatic hydroxyl groups excluding tert-OH is 1. The molecule has 0 saturated carbocycles. The molecular weight excluding hydrogens is 491 g/mol. The van der Waals surface area contributed by atoms with Crippen LogP contribution in [0.1, 0.15) is 55.9 Å². The van der Waals surface area contributed by atoms with E-state index < -0.39 is 35.2 Å². The first-order valence-electron chi connectivity index (χ1n) is 12.1. The Morgan fingerprint density at radius 1 is 0.919 bits per heavy atom. The van der Waals surface area contributed by atoms with E-state index in [0.717, 1.165) is 6.07 Å². The molecule has 0 fully saturated rings. The van der Waals surface area contributed by atoms with Gasteiger partial charge in [-0.05, 0) is 62.4 Å². The van der Waals surface area contributed by atoms with Gasteiger partial charge in [-0.3, -0.25) is 0 Å². The van der Waals surface area contributed by atoms with Crippen LogP contribution in [0.4, 0.5) is 22.0 Å². The van der Waals surface area contributed by atoms with Gasteiger partial charge in [0, 0.05) is 22.3 Å². The molecule has 0 spiro atoms. The van der Waals surface area contributed by atoms with Crippen molar-refractivity contribution in [3.8, 4) is 16.9 Å². The van der Waals surface area contributed by atoms with Crippen molar-refractivity contribution in [2.45, 2.75) is 51.9 Å². The number of rotatable bonds is 8. The third-order valence-corrected chi connectivity index (χ3v) is 6.46. The largest absolute Gasteiger partial charge is 0.491 e. The summed E-state index contributed by atoms with van der Waals surface area (Å²) in [6, 6.07) is 9.57. The van der Waals surface area contributed by atoms with Crippen LogP contribution in [0.2, 0.25) is 0 Å². The minimum atomic E-state index is -1.13. The first-order chi connectivity index (χ1) is 17.7. The van der Waals surface area contributed by atoms with Crippen molar-refractivity contribution in [2.24, 2.45) is 0 Å². The van der Waals surface area contributed by atoms with E-state index in [4.69, 9.17) is 9.47 Å². The lowest BCUT2D eigenvalue weighted by Gasteiger charge is -2.23. The smallest absolute Gasteiger partial charge is 0.201 e. The maximum atomic E-state index is 14.7. The van der Waals surface area contributed by atoms with Crippen molar-refractivity contribution in [3.05, 3.63) is 94.3 Å². The second kappa shape index (κ2) is 11.4. The Morgan fingerprint density at radius 3 is 2.30 bits per heavy atom. The molecule has 3 aromatic carbocycles. The van der Waals surface area contributed by atoms with Crippen LogP contribution < -0.4 is 4.74 Å². The molecule has 0 bridgehead atoms. The molecule has 37 heavy (non-hydrogen) atoms. The standard InChI is InChI=1S/C29H27F5O3/c1-3-36-25-13-12-23(28(33)29(25)34)18-4-5-19(24(30)14-18)15-37-20-8-6-17(7-9-20)22-11-10-21(16(2)35)26(31)27(22)32/h4-6,10-14,16,20,35H,3,7-9,15H2,1-2H3. The van der Waals surface area contributed by atoms with Gasteiger partial charge in [0.15, 0.2) is 23.2 Å². The van der Waals surface area contributed by atoms with Crippen LogP contribution in [0.15, 0.2) is 48.5 Å². The zero-order valence-corrected chi connectivity index (χ0v) is 20.5. The molecule has 0 aromatic heterocycles. The lowest BCUT2D eigenvalue weighted by molar-refractivity contribution is 0.0345. The predicted octanol–water partition coefficient (Wildman–Crippen LogP) is 7.65. The van der Waals surface area contributed by atoms with Gasteiger partial charge in [-0.25, -0.2) is 17.6 Å². The van der Waals surface area contributed by atoms with E-state index in [0.29, 0.717) is 24.8 Å². The first kappa shape index (κ1) is 26.8. The first-order valence-corrected chi connectivity index (χ1v) is 12.1. The van der Waals surface area contributed by atoms with Crippen LogP contribution in [0.3, 0.4) is 0 Å². The summed E-state index contributed by atoms with van der Waals surface area (Å²) in [6.07, 6.45) is 1.82. The number of benzene rings is 3. The number of ether oxygens (including phenoxy) is 2. The third kappa shape index (κ3) is 5.70. The molecule has 3 aromatic rings. The fourth-order valence-corrected chi connectivity index (χ4v) is 4.40. The van der Waals surface area contributed by atoms with Gasteiger partial charge >= 0.3 is 0 Å². The molecule has 2 atom stereocenters. The molecule has 196 valence electrons. The second-order valence-electron chi connectivity index (χ2n) is 8.92. The van der Waals surface area contributed by atoms with Crippen LogP contribution >= 0.6 is 0 Å². The lowest BCUT2D eigenvalue weighted by atomic mass is 9.90. The highest BCUT2D eigenvalue weighted by Crippen LogP contribution is 2.34. The van der Waals surface area contributed by atoms with Crippen LogP contribution in [-0.4, -0.2) is 17.8 Å². The minimum Gasteiger partial charge on any atom is -0.491 e. The summed E-state index contributed by atoms with van der Waals surface area (Å²) < 4.78 is 83.1. The van der Waals surface area contributed by atoms with E-state index in [1.165, 1.54) is 43.3 Å². The van der Waals surface area contributed by atoms with E-state index in [2.05, 4.69) is 0 Å². The van der Waals surface area contributed by atoms with E-state index >= 15 is 0 Å². The van der Waals surface area contributed by atoms with E-state index in [1.54, 1.807) is 13.0 Å². The van der Waals surface area contributed by atoms with E-state index in [-0.39, 0.29) is 52.9 Å². The monoisotopic (exact) mass is 518 g/mol. The van der Waals surface area contributed by atoms with Crippen molar-refractivity contribution in [2.75, 3.05) is 6.61 Å². The normalized spacial score (nSPS) is 16.4. The Labute approximate surface area is 212 Å². The fraction of sp³-hybridized carbons (Fsp3) is 0.310. The van der Waals surface area contributed by atoms with Gasteiger partial charge in [0.25, 0.3) is 0 Å². The Bertz CT molecular complexity index is 1320. The minimum absolute atomic E-state index is 0.0356. The summed E-state index contributed by atoms with van der Waals surface area (Å²) in [5.74, 6) is -5.11. The van der Waals surface area contributed by atoms with Crippen molar-refractivity contribution in [1.29, 1.82) is 0 Å². The molecule has 0 amide bonds. The van der Waals surface area contributed by atoms with Crippen LogP contribution in [0.25, 0.3) is 16.7 Å². The van der Waals surface area contributed by atoms with Crippen molar-refractivity contribution in [1.82, 2.24) is 0 Å². The van der Waals surface area contributed by atoms with Gasteiger partial charge in [-0.2, -0.15) is 4.39 Å². The highest BCUT2D eigenvalue weighted by molar-refractivity contribution is 5.67. The number of allylic oxidation sites excluding steroid dienone is 1. The highest BCUT2D eigenvalue weighted by atomic mass is 19.2. The van der Waals surface area contributed by atoms with E-state index in [9.17, 15) is 27.1 Å². The maximum Gasteiger partial charge on any atom is 0.201 e. The molecule has 1 aliphatic rings. The average Bonchev–Trinajstić information content (AvgIpc) is 2.88.